The summed E-state index contributed by atoms with van der Waals surface area (Å²) < 4.78 is 52.1. The maximum Gasteiger partial charge on any atom is 0.222 e. The van der Waals surface area contributed by atoms with Crippen LogP contribution in [0.1, 0.15) is 175 Å². The molecule has 11 N–H and O–H groups in total. The van der Waals surface area contributed by atoms with Crippen LogP contribution in [0.25, 0.3) is 0 Å². The fourth-order valence-electron chi connectivity index (χ4n) is 10.6. The summed E-state index contributed by atoms with van der Waals surface area (Å²) in [7, 11) is 0. The number of carbonyl (C=O) groups is 5. The molecule has 89 heavy (non-hydrogen) atoms. The van der Waals surface area contributed by atoms with Gasteiger partial charge in [-0.05, 0) is 83.5 Å². The standard InChI is InChI=1S/C64H114N2O23/c1-43(19-8-6-9-20-47(70)23-12-15-31-84-61-44(2)55(75)58(78)50(37-67)87-61)26-34-81-40-64(5,41-82-35-27-49(72)22-11-7-10-21-48(71)24-13-16-32-85-62-45(3)56(76)59(79)51(38-68)88-62)42-83-36-28-54(74)66-30-18-29-65-53(73)25-14-17-33-86-63-46(4)57(77)60(80)52(39-69)89-63/h44-46,50-52,55-63,67-69,75-80H,1,6-42H2,2-5H3,(H,65,73)(H,66,74). The van der Waals surface area contributed by atoms with Crippen molar-refractivity contribution < 1.29 is 113 Å². The lowest BCUT2D eigenvalue weighted by Crippen LogP contribution is -2.55. The first-order valence-corrected chi connectivity index (χ1v) is 32.9. The van der Waals surface area contributed by atoms with Gasteiger partial charge in [0.2, 0.25) is 11.8 Å². The number of carbonyl (C=O) groups excluding carboxylic acids is 5. The van der Waals surface area contributed by atoms with Crippen molar-refractivity contribution in [3.8, 4) is 0 Å². The Balaban J connectivity index is 1.29. The highest BCUT2D eigenvalue weighted by Crippen LogP contribution is 2.30. The summed E-state index contributed by atoms with van der Waals surface area (Å²) in [6.07, 6.45) is 1.24. The number of Topliss-reactive ketones (excluding diaryl/α,β-unsaturated/α-hetero) is 3. The summed E-state index contributed by atoms with van der Waals surface area (Å²) in [5.41, 5.74) is 0.436. The van der Waals surface area contributed by atoms with Crippen LogP contribution in [-0.2, 0) is 66.6 Å². The third-order valence-electron chi connectivity index (χ3n) is 16.8. The van der Waals surface area contributed by atoms with Gasteiger partial charge >= 0.3 is 0 Å². The number of aliphatic hydroxyl groups excluding tert-OH is 9. The molecule has 0 aliphatic carbocycles. The van der Waals surface area contributed by atoms with Crippen molar-refractivity contribution >= 4 is 29.2 Å². The van der Waals surface area contributed by atoms with Gasteiger partial charge in [-0.1, -0.05) is 52.7 Å². The predicted octanol–water partition coefficient (Wildman–Crippen LogP) is 2.79. The lowest BCUT2D eigenvalue weighted by Gasteiger charge is -2.40. The first-order valence-electron chi connectivity index (χ1n) is 32.9. The minimum absolute atomic E-state index is 0.0684. The molecule has 3 rings (SSSR count). The molecule has 16 unspecified atom stereocenters. The van der Waals surface area contributed by atoms with Gasteiger partial charge in [-0.25, -0.2) is 0 Å². The fourth-order valence-corrected chi connectivity index (χ4v) is 10.6. The average molecular weight is 1280 g/mol. The van der Waals surface area contributed by atoms with Crippen LogP contribution < -0.4 is 10.6 Å². The van der Waals surface area contributed by atoms with Crippen LogP contribution in [0.5, 0.6) is 0 Å². The Labute approximate surface area is 527 Å². The van der Waals surface area contributed by atoms with Crippen LogP contribution >= 0.6 is 0 Å². The van der Waals surface area contributed by atoms with Crippen LogP contribution in [0, 0.1) is 23.2 Å². The molecule has 3 fully saturated rings. The summed E-state index contributed by atoms with van der Waals surface area (Å²) in [5, 5.41) is 94.7. The Hall–Kier alpha value is -3.03. The maximum atomic E-state index is 12.8. The molecule has 0 saturated carbocycles. The van der Waals surface area contributed by atoms with Crippen molar-refractivity contribution in [1.82, 2.24) is 10.6 Å². The Bertz CT molecular complexity index is 1750. The van der Waals surface area contributed by atoms with E-state index in [1.807, 2.05) is 6.92 Å². The zero-order valence-electron chi connectivity index (χ0n) is 53.8. The van der Waals surface area contributed by atoms with Crippen LogP contribution in [0.4, 0.5) is 0 Å². The molecule has 25 nitrogen and oxygen atoms in total. The normalized spacial score (nSPS) is 27.9. The van der Waals surface area contributed by atoms with Gasteiger partial charge < -0.3 is 99.2 Å². The average Bonchev–Trinajstić information content (AvgIpc) is 2.45. The maximum absolute atomic E-state index is 12.8. The molecule has 2 amide bonds. The number of amides is 2. The second-order valence-electron chi connectivity index (χ2n) is 24.9. The first-order chi connectivity index (χ1) is 42.6. The van der Waals surface area contributed by atoms with Crippen LogP contribution in [-0.4, -0.2) is 241 Å². The van der Waals surface area contributed by atoms with Gasteiger partial charge in [-0.3, -0.25) is 24.0 Å². The quantitative estimate of drug-likeness (QED) is 0.0308. The lowest BCUT2D eigenvalue weighted by atomic mass is 9.92. The molecule has 3 aliphatic rings. The topological polar surface area (TPSA) is 375 Å². The highest BCUT2D eigenvalue weighted by atomic mass is 16.7. The summed E-state index contributed by atoms with van der Waals surface area (Å²) in [5.74, 6) is -1.36. The molecule has 0 bridgehead atoms. The van der Waals surface area contributed by atoms with E-state index in [4.69, 9.17) is 42.6 Å². The van der Waals surface area contributed by atoms with E-state index >= 15 is 0 Å². The molecular formula is C64H114N2O23. The van der Waals surface area contributed by atoms with E-state index in [2.05, 4.69) is 17.2 Å². The summed E-state index contributed by atoms with van der Waals surface area (Å²) in [6, 6.07) is 0. The molecule has 3 saturated heterocycles. The van der Waals surface area contributed by atoms with Crippen LogP contribution in [0.2, 0.25) is 0 Å². The summed E-state index contributed by atoms with van der Waals surface area (Å²) >= 11 is 0. The van der Waals surface area contributed by atoms with E-state index in [-0.39, 0.29) is 81.5 Å². The van der Waals surface area contributed by atoms with E-state index in [1.54, 1.807) is 20.8 Å². The number of hydrogen-bond acceptors (Lipinski definition) is 23. The van der Waals surface area contributed by atoms with Gasteiger partial charge in [-0.2, -0.15) is 0 Å². The lowest BCUT2D eigenvalue weighted by molar-refractivity contribution is -0.282. The summed E-state index contributed by atoms with van der Waals surface area (Å²) in [4.78, 5) is 62.9. The number of unbranched alkanes of at least 4 members (excludes halogenated alkanes) is 7. The third-order valence-corrected chi connectivity index (χ3v) is 16.8. The van der Waals surface area contributed by atoms with Gasteiger partial charge in [0, 0.05) is 107 Å². The van der Waals surface area contributed by atoms with E-state index in [0.717, 1.165) is 37.7 Å². The number of ether oxygens (including phenoxy) is 9. The molecule has 16 atom stereocenters. The highest BCUT2D eigenvalue weighted by molar-refractivity contribution is 5.79. The van der Waals surface area contributed by atoms with Crippen LogP contribution in [0.3, 0.4) is 0 Å². The van der Waals surface area contributed by atoms with Crippen molar-refractivity contribution in [2.75, 3.05) is 92.4 Å². The monoisotopic (exact) mass is 1280 g/mol. The van der Waals surface area contributed by atoms with Crippen molar-refractivity contribution in [2.45, 2.75) is 249 Å². The van der Waals surface area contributed by atoms with Gasteiger partial charge in [0.05, 0.1) is 77.8 Å². The molecule has 0 aromatic rings. The number of aliphatic hydroxyl groups is 9. The highest BCUT2D eigenvalue weighted by Gasteiger charge is 2.44. The predicted molar refractivity (Wildman–Crippen MR) is 326 cm³/mol. The van der Waals surface area contributed by atoms with Gasteiger partial charge in [0.15, 0.2) is 18.9 Å². The Morgan fingerprint density at radius 1 is 0.393 bits per heavy atom. The zero-order valence-corrected chi connectivity index (χ0v) is 53.8. The van der Waals surface area contributed by atoms with Crippen LogP contribution in [0.15, 0.2) is 12.2 Å². The number of hydrogen-bond donors (Lipinski definition) is 11. The Kier molecular flexibility index (Phi) is 41.6. The van der Waals surface area contributed by atoms with E-state index in [0.29, 0.717) is 136 Å². The molecule has 25 heteroatoms. The SMILES string of the molecule is C=C(CCCCCC(=O)CCCCOC1OC(CO)C(O)C(O)C1C)CCOCC(C)(COCCC(=O)CCCCCC(=O)CCCCOC1OC(CO)C(O)C(O)C1C)COCCC(=O)NCCCNC(=O)CCCCOC1OC(CO)C(O)C(O)C1C. The Morgan fingerprint density at radius 3 is 1.09 bits per heavy atom. The molecular weight excluding hydrogens is 1160 g/mol. The van der Waals surface area contributed by atoms with Crippen molar-refractivity contribution in [1.29, 1.82) is 0 Å². The first kappa shape index (κ1) is 80.2. The fraction of sp³-hybridized carbons (Fsp3) is 0.891. The second kappa shape index (κ2) is 46.1. The minimum Gasteiger partial charge on any atom is -0.394 e. The molecule has 0 aromatic heterocycles. The molecule has 0 radical (unpaired) electrons. The molecule has 0 spiro atoms. The number of nitrogens with one attached hydrogen (secondary N) is 2. The molecule has 0 aromatic carbocycles. The van der Waals surface area contributed by atoms with Gasteiger partial charge in [-0.15, -0.1) is 0 Å². The van der Waals surface area contributed by atoms with Crippen molar-refractivity contribution in [2.24, 2.45) is 23.2 Å². The number of ketones is 3. The second-order valence-corrected chi connectivity index (χ2v) is 24.9. The molecule has 3 heterocycles. The van der Waals surface area contributed by atoms with Gasteiger partial charge in [0.1, 0.15) is 54.0 Å². The molecule has 518 valence electrons. The van der Waals surface area contributed by atoms with E-state index in [9.17, 15) is 69.9 Å². The largest absolute Gasteiger partial charge is 0.394 e. The Morgan fingerprint density at radius 2 is 0.708 bits per heavy atom. The third kappa shape index (κ3) is 32.1. The van der Waals surface area contributed by atoms with Crippen molar-refractivity contribution in [3.63, 3.8) is 0 Å². The minimum atomic E-state index is -1.20. The molecule has 3 aliphatic heterocycles. The smallest absolute Gasteiger partial charge is 0.222 e. The van der Waals surface area contributed by atoms with Crippen molar-refractivity contribution in [3.05, 3.63) is 12.2 Å². The zero-order chi connectivity index (χ0) is 65.6. The van der Waals surface area contributed by atoms with E-state index in [1.165, 1.54) is 0 Å². The number of rotatable bonds is 52. The van der Waals surface area contributed by atoms with E-state index < -0.39 is 117 Å². The summed E-state index contributed by atoms with van der Waals surface area (Å²) in [6.45, 7) is 13.2. The van der Waals surface area contributed by atoms with Gasteiger partial charge in [0.25, 0.3) is 0 Å².